The molecule has 0 amide bonds. The van der Waals surface area contributed by atoms with Gasteiger partial charge in [0.05, 0.1) is 6.04 Å². The molecule has 7 heteroatoms. The molecule has 1 atom stereocenters. The molecule has 0 saturated heterocycles. The first-order valence-corrected chi connectivity index (χ1v) is 5.47. The Morgan fingerprint density at radius 3 is 2.20 bits per heavy atom. The monoisotopic (exact) mass is 304 g/mol. The fourth-order valence-electron chi connectivity index (χ4n) is 1.63. The van der Waals surface area contributed by atoms with Gasteiger partial charge in [-0.15, -0.1) is 25.6 Å². The predicted molar refractivity (Wildman–Crippen MR) is 70.6 cm³/mol. The summed E-state index contributed by atoms with van der Waals surface area (Å²) in [5.74, 6) is -0.269. The molecular weight excluding hydrogens is 293 g/mol. The van der Waals surface area contributed by atoms with Crippen molar-refractivity contribution in [3.05, 3.63) is 59.9 Å². The van der Waals surface area contributed by atoms with Gasteiger partial charge >= 0.3 is 6.36 Å². The summed E-state index contributed by atoms with van der Waals surface area (Å²) < 4.78 is 39.8. The van der Waals surface area contributed by atoms with E-state index in [2.05, 4.69) is 9.72 Å². The summed E-state index contributed by atoms with van der Waals surface area (Å²) in [7, 11) is 0. The quantitative estimate of drug-likeness (QED) is 0.945. The molecule has 0 aliphatic carbocycles. The number of halogens is 4. The van der Waals surface area contributed by atoms with Gasteiger partial charge in [0.15, 0.2) is 0 Å². The number of nitrogens with zero attached hydrogens (tertiary/aromatic N) is 1. The third-order valence-corrected chi connectivity index (χ3v) is 2.52. The van der Waals surface area contributed by atoms with Gasteiger partial charge in [-0.25, -0.2) is 0 Å². The molecular formula is C13H12ClF3N2O. The fourth-order valence-corrected chi connectivity index (χ4v) is 1.63. The number of benzene rings is 1. The van der Waals surface area contributed by atoms with E-state index >= 15 is 0 Å². The average Bonchev–Trinajstić information content (AvgIpc) is 2.38. The molecule has 0 aliphatic heterocycles. The number of alkyl halides is 3. The van der Waals surface area contributed by atoms with Crippen molar-refractivity contribution < 1.29 is 17.9 Å². The van der Waals surface area contributed by atoms with E-state index in [-0.39, 0.29) is 18.2 Å². The Morgan fingerprint density at radius 2 is 1.70 bits per heavy atom. The van der Waals surface area contributed by atoms with Gasteiger partial charge < -0.3 is 10.5 Å². The maximum atomic E-state index is 12.0. The lowest BCUT2D eigenvalue weighted by Gasteiger charge is -2.13. The molecule has 0 radical (unpaired) electrons. The molecule has 0 saturated carbocycles. The van der Waals surface area contributed by atoms with Crippen LogP contribution in [0.25, 0.3) is 0 Å². The van der Waals surface area contributed by atoms with Crippen LogP contribution in [0.3, 0.4) is 0 Å². The maximum absolute atomic E-state index is 12.0. The van der Waals surface area contributed by atoms with Crippen LogP contribution in [0.1, 0.15) is 17.2 Å². The van der Waals surface area contributed by atoms with Crippen molar-refractivity contribution >= 4 is 12.4 Å². The number of pyridine rings is 1. The van der Waals surface area contributed by atoms with Gasteiger partial charge in [-0.05, 0) is 29.3 Å². The summed E-state index contributed by atoms with van der Waals surface area (Å²) >= 11 is 0. The Balaban J connectivity index is 0.00000200. The van der Waals surface area contributed by atoms with Gasteiger partial charge in [-0.1, -0.05) is 18.2 Å². The lowest BCUT2D eigenvalue weighted by molar-refractivity contribution is -0.274. The zero-order chi connectivity index (χ0) is 13.9. The lowest BCUT2D eigenvalue weighted by Crippen LogP contribution is -2.17. The fraction of sp³-hybridized carbons (Fsp3) is 0.154. The SMILES string of the molecule is Cl.N[C@H](c1ccc(OC(F)(F)F)cc1)c1cccnc1. The minimum atomic E-state index is -4.69. The van der Waals surface area contributed by atoms with E-state index < -0.39 is 12.4 Å². The molecule has 2 N–H and O–H groups in total. The highest BCUT2D eigenvalue weighted by molar-refractivity contribution is 5.85. The van der Waals surface area contributed by atoms with E-state index in [9.17, 15) is 13.2 Å². The summed E-state index contributed by atoms with van der Waals surface area (Å²) in [5, 5.41) is 0. The summed E-state index contributed by atoms with van der Waals surface area (Å²) in [4.78, 5) is 3.94. The first-order valence-electron chi connectivity index (χ1n) is 5.47. The topological polar surface area (TPSA) is 48.1 Å². The second-order valence-electron chi connectivity index (χ2n) is 3.88. The van der Waals surface area contributed by atoms with Crippen LogP contribution in [-0.4, -0.2) is 11.3 Å². The first-order chi connectivity index (χ1) is 8.96. The zero-order valence-corrected chi connectivity index (χ0v) is 11.0. The molecule has 0 spiro atoms. The van der Waals surface area contributed by atoms with Gasteiger partial charge in [-0.2, -0.15) is 0 Å². The van der Waals surface area contributed by atoms with Crippen molar-refractivity contribution in [3.8, 4) is 5.75 Å². The Morgan fingerprint density at radius 1 is 1.05 bits per heavy atom. The van der Waals surface area contributed by atoms with Crippen LogP contribution in [-0.2, 0) is 0 Å². The van der Waals surface area contributed by atoms with Gasteiger partial charge in [0.25, 0.3) is 0 Å². The van der Waals surface area contributed by atoms with E-state index in [1.54, 1.807) is 24.5 Å². The molecule has 0 bridgehead atoms. The van der Waals surface area contributed by atoms with Crippen molar-refractivity contribution in [3.63, 3.8) is 0 Å². The van der Waals surface area contributed by atoms with Gasteiger partial charge in [0, 0.05) is 12.4 Å². The lowest BCUT2D eigenvalue weighted by atomic mass is 10.0. The van der Waals surface area contributed by atoms with Crippen molar-refractivity contribution in [1.29, 1.82) is 0 Å². The van der Waals surface area contributed by atoms with Crippen LogP contribution >= 0.6 is 12.4 Å². The van der Waals surface area contributed by atoms with E-state index in [0.29, 0.717) is 5.56 Å². The summed E-state index contributed by atoms with van der Waals surface area (Å²) in [6.07, 6.45) is -1.45. The maximum Gasteiger partial charge on any atom is 0.573 e. The molecule has 3 nitrogen and oxygen atoms in total. The number of ether oxygens (including phenoxy) is 1. The first kappa shape index (κ1) is 16.3. The Labute approximate surface area is 120 Å². The van der Waals surface area contributed by atoms with Crippen LogP contribution in [0.5, 0.6) is 5.75 Å². The molecule has 1 aromatic heterocycles. The van der Waals surface area contributed by atoms with Crippen LogP contribution in [0, 0.1) is 0 Å². The van der Waals surface area contributed by atoms with Crippen molar-refractivity contribution in [1.82, 2.24) is 4.98 Å². The summed E-state index contributed by atoms with van der Waals surface area (Å²) in [5.41, 5.74) is 7.46. The molecule has 1 aromatic carbocycles. The normalized spacial score (nSPS) is 12.4. The van der Waals surface area contributed by atoms with E-state index in [0.717, 1.165) is 5.56 Å². The highest BCUT2D eigenvalue weighted by Crippen LogP contribution is 2.25. The van der Waals surface area contributed by atoms with E-state index in [1.165, 1.54) is 24.3 Å². The minimum Gasteiger partial charge on any atom is -0.406 e. The van der Waals surface area contributed by atoms with Crippen molar-refractivity contribution in [2.75, 3.05) is 0 Å². The van der Waals surface area contributed by atoms with E-state index in [1.807, 2.05) is 0 Å². The second-order valence-corrected chi connectivity index (χ2v) is 3.88. The summed E-state index contributed by atoms with van der Waals surface area (Å²) in [6.45, 7) is 0. The molecule has 20 heavy (non-hydrogen) atoms. The van der Waals surface area contributed by atoms with Gasteiger partial charge in [0.2, 0.25) is 0 Å². The molecule has 0 fully saturated rings. The minimum absolute atomic E-state index is 0. The van der Waals surface area contributed by atoms with Crippen molar-refractivity contribution in [2.45, 2.75) is 12.4 Å². The van der Waals surface area contributed by atoms with Crippen LogP contribution in [0.15, 0.2) is 48.8 Å². The Bertz CT molecular complexity index is 532. The zero-order valence-electron chi connectivity index (χ0n) is 10.2. The van der Waals surface area contributed by atoms with Gasteiger partial charge in [-0.3, -0.25) is 4.98 Å². The van der Waals surface area contributed by atoms with Crippen LogP contribution in [0.2, 0.25) is 0 Å². The molecule has 0 aliphatic rings. The smallest absolute Gasteiger partial charge is 0.406 e. The number of hydrogen-bond acceptors (Lipinski definition) is 3. The number of hydrogen-bond donors (Lipinski definition) is 1. The third-order valence-electron chi connectivity index (χ3n) is 2.52. The second kappa shape index (κ2) is 6.58. The Hall–Kier alpha value is -1.79. The van der Waals surface area contributed by atoms with E-state index in [4.69, 9.17) is 5.73 Å². The Kier molecular flexibility index (Phi) is 5.35. The number of aromatic nitrogens is 1. The molecule has 2 aromatic rings. The van der Waals surface area contributed by atoms with Crippen molar-refractivity contribution in [2.24, 2.45) is 5.73 Å². The number of rotatable bonds is 3. The van der Waals surface area contributed by atoms with Crippen LogP contribution in [0.4, 0.5) is 13.2 Å². The predicted octanol–water partition coefficient (Wildman–Crippen LogP) is 3.45. The van der Waals surface area contributed by atoms with Gasteiger partial charge in [0.1, 0.15) is 5.75 Å². The molecule has 0 unspecified atom stereocenters. The molecule has 2 rings (SSSR count). The summed E-state index contributed by atoms with van der Waals surface area (Å²) in [6, 6.07) is 8.58. The molecule has 108 valence electrons. The highest BCUT2D eigenvalue weighted by atomic mass is 35.5. The third kappa shape index (κ3) is 4.40. The number of nitrogens with two attached hydrogens (primary N) is 1. The largest absolute Gasteiger partial charge is 0.573 e. The molecule has 1 heterocycles. The standard InChI is InChI=1S/C13H11F3N2O.ClH/c14-13(15,16)19-11-5-3-9(4-6-11)12(17)10-2-1-7-18-8-10;/h1-8,12H,17H2;1H/t12-;/m1./s1. The highest BCUT2D eigenvalue weighted by Gasteiger charge is 2.31. The van der Waals surface area contributed by atoms with Crippen LogP contribution < -0.4 is 10.5 Å². The average molecular weight is 305 g/mol.